The number of nitrogens with two attached hydrogens (primary N) is 1. The van der Waals surface area contributed by atoms with E-state index in [0.29, 0.717) is 17.7 Å². The molecule has 5 heteroatoms. The Bertz CT molecular complexity index is 485. The van der Waals surface area contributed by atoms with Gasteiger partial charge in [0.2, 0.25) is 0 Å². The van der Waals surface area contributed by atoms with Crippen LogP contribution in [0.3, 0.4) is 0 Å². The Kier molecular flexibility index (Phi) is 3.87. The number of nitrogens with zero attached hydrogens (tertiary/aromatic N) is 2. The molecule has 3 rings (SSSR count). The van der Waals surface area contributed by atoms with Crippen molar-refractivity contribution in [3.8, 4) is 0 Å². The highest BCUT2D eigenvalue weighted by Gasteiger charge is 2.29. The van der Waals surface area contributed by atoms with Crippen LogP contribution in [0.2, 0.25) is 0 Å². The molecule has 108 valence electrons. The molecule has 2 aliphatic heterocycles. The van der Waals surface area contributed by atoms with Crippen molar-refractivity contribution in [3.63, 3.8) is 0 Å². The van der Waals surface area contributed by atoms with Crippen molar-refractivity contribution in [2.75, 3.05) is 24.5 Å². The summed E-state index contributed by atoms with van der Waals surface area (Å²) in [4.78, 5) is 17.9. The smallest absolute Gasteiger partial charge is 0.267 e. The Labute approximate surface area is 119 Å². The fraction of sp³-hybridized carbons (Fsp3) is 0.600. The standard InChI is InChI=1S/C15H22N4O/c16-15(20)13-5-1-7-14(18-13)19-9-3-4-11(10-19)12-6-2-8-17-12/h1,5,7,11-12,17H,2-4,6,8-10H2,(H2,16,20). The van der Waals surface area contributed by atoms with Gasteiger partial charge in [-0.15, -0.1) is 0 Å². The third-order valence-electron chi connectivity index (χ3n) is 4.44. The molecule has 0 radical (unpaired) electrons. The fourth-order valence-electron chi connectivity index (χ4n) is 3.40. The van der Waals surface area contributed by atoms with Crippen molar-refractivity contribution < 1.29 is 4.79 Å². The van der Waals surface area contributed by atoms with Gasteiger partial charge in [0.15, 0.2) is 0 Å². The summed E-state index contributed by atoms with van der Waals surface area (Å²) in [5, 5.41) is 3.61. The molecule has 2 atom stereocenters. The van der Waals surface area contributed by atoms with Gasteiger partial charge in [-0.3, -0.25) is 4.79 Å². The maximum atomic E-state index is 11.2. The number of hydrogen-bond acceptors (Lipinski definition) is 4. The second-order valence-corrected chi connectivity index (χ2v) is 5.80. The number of hydrogen-bond donors (Lipinski definition) is 2. The van der Waals surface area contributed by atoms with Crippen LogP contribution in [-0.4, -0.2) is 36.6 Å². The largest absolute Gasteiger partial charge is 0.364 e. The summed E-state index contributed by atoms with van der Waals surface area (Å²) in [6.07, 6.45) is 5.04. The zero-order valence-corrected chi connectivity index (χ0v) is 11.7. The number of pyridine rings is 1. The predicted octanol–water partition coefficient (Wildman–Crippen LogP) is 1.15. The molecule has 1 aromatic rings. The second kappa shape index (κ2) is 5.79. The summed E-state index contributed by atoms with van der Waals surface area (Å²) in [6, 6.07) is 6.15. The number of carbonyl (C=O) groups is 1. The number of primary amides is 1. The first kappa shape index (κ1) is 13.4. The molecule has 20 heavy (non-hydrogen) atoms. The number of carbonyl (C=O) groups excluding carboxylic acids is 1. The van der Waals surface area contributed by atoms with Gasteiger partial charge in [0.05, 0.1) is 0 Å². The van der Waals surface area contributed by atoms with Gasteiger partial charge in [-0.1, -0.05) is 6.07 Å². The van der Waals surface area contributed by atoms with Crippen LogP contribution in [-0.2, 0) is 0 Å². The van der Waals surface area contributed by atoms with E-state index in [2.05, 4.69) is 15.2 Å². The van der Waals surface area contributed by atoms with E-state index in [9.17, 15) is 4.79 Å². The van der Waals surface area contributed by atoms with Gasteiger partial charge in [-0.25, -0.2) is 4.98 Å². The summed E-state index contributed by atoms with van der Waals surface area (Å²) in [5.74, 6) is 1.10. The van der Waals surface area contributed by atoms with Crippen LogP contribution < -0.4 is 16.0 Å². The lowest BCUT2D eigenvalue weighted by atomic mass is 9.90. The third-order valence-corrected chi connectivity index (χ3v) is 4.44. The summed E-state index contributed by atoms with van der Waals surface area (Å²) in [6.45, 7) is 3.18. The zero-order valence-electron chi connectivity index (χ0n) is 11.7. The van der Waals surface area contributed by atoms with E-state index in [1.807, 2.05) is 12.1 Å². The molecule has 0 aromatic carbocycles. The molecule has 1 aromatic heterocycles. The van der Waals surface area contributed by atoms with Crippen molar-refractivity contribution in [3.05, 3.63) is 23.9 Å². The number of nitrogens with one attached hydrogen (secondary N) is 1. The molecule has 1 amide bonds. The monoisotopic (exact) mass is 274 g/mol. The summed E-state index contributed by atoms with van der Waals surface area (Å²) >= 11 is 0. The molecule has 2 fully saturated rings. The molecule has 2 unspecified atom stereocenters. The topological polar surface area (TPSA) is 71.2 Å². The Morgan fingerprint density at radius 1 is 1.35 bits per heavy atom. The van der Waals surface area contributed by atoms with Gasteiger partial charge in [-0.2, -0.15) is 0 Å². The quantitative estimate of drug-likeness (QED) is 0.867. The molecule has 2 aliphatic rings. The van der Waals surface area contributed by atoms with Crippen molar-refractivity contribution >= 4 is 11.7 Å². The van der Waals surface area contributed by atoms with Gasteiger partial charge in [0.1, 0.15) is 11.5 Å². The first-order valence-electron chi connectivity index (χ1n) is 7.49. The average molecular weight is 274 g/mol. The number of piperidine rings is 1. The number of aromatic nitrogens is 1. The molecule has 0 spiro atoms. The van der Waals surface area contributed by atoms with Gasteiger partial charge in [0, 0.05) is 19.1 Å². The van der Waals surface area contributed by atoms with Crippen LogP contribution in [0.4, 0.5) is 5.82 Å². The highest BCUT2D eigenvalue weighted by atomic mass is 16.1. The Morgan fingerprint density at radius 3 is 3.00 bits per heavy atom. The molecule has 0 aliphatic carbocycles. The average Bonchev–Trinajstić information content (AvgIpc) is 3.02. The molecule has 3 N–H and O–H groups in total. The zero-order chi connectivity index (χ0) is 13.9. The SMILES string of the molecule is NC(=O)c1cccc(N2CCCC(C3CCCN3)C2)n1. The van der Waals surface area contributed by atoms with Crippen LogP contribution in [0.25, 0.3) is 0 Å². The highest BCUT2D eigenvalue weighted by Crippen LogP contribution is 2.27. The van der Waals surface area contributed by atoms with Crippen LogP contribution in [0.15, 0.2) is 18.2 Å². The first-order chi connectivity index (χ1) is 9.74. The van der Waals surface area contributed by atoms with Crippen LogP contribution in [0.1, 0.15) is 36.2 Å². The van der Waals surface area contributed by atoms with Crippen LogP contribution in [0.5, 0.6) is 0 Å². The van der Waals surface area contributed by atoms with Gasteiger partial charge < -0.3 is 16.0 Å². The minimum absolute atomic E-state index is 0.351. The van der Waals surface area contributed by atoms with Gasteiger partial charge in [-0.05, 0) is 50.3 Å². The van der Waals surface area contributed by atoms with E-state index >= 15 is 0 Å². The lowest BCUT2D eigenvalue weighted by Gasteiger charge is -2.36. The first-order valence-corrected chi connectivity index (χ1v) is 7.49. The van der Waals surface area contributed by atoms with Crippen molar-refractivity contribution in [2.24, 2.45) is 11.7 Å². The number of rotatable bonds is 3. The fourth-order valence-corrected chi connectivity index (χ4v) is 3.40. The van der Waals surface area contributed by atoms with Crippen molar-refractivity contribution in [1.82, 2.24) is 10.3 Å². The van der Waals surface area contributed by atoms with Gasteiger partial charge >= 0.3 is 0 Å². The van der Waals surface area contributed by atoms with E-state index in [4.69, 9.17) is 5.73 Å². The summed E-state index contributed by atoms with van der Waals surface area (Å²) in [5.41, 5.74) is 5.66. The van der Waals surface area contributed by atoms with Crippen molar-refractivity contribution in [2.45, 2.75) is 31.7 Å². The van der Waals surface area contributed by atoms with Crippen LogP contribution in [0, 0.1) is 5.92 Å². The normalized spacial score (nSPS) is 26.7. The Balaban J connectivity index is 1.72. The lowest BCUT2D eigenvalue weighted by Crippen LogP contribution is -2.44. The van der Waals surface area contributed by atoms with E-state index in [1.165, 1.54) is 25.7 Å². The molecule has 2 saturated heterocycles. The van der Waals surface area contributed by atoms with E-state index in [1.54, 1.807) is 6.07 Å². The molecule has 3 heterocycles. The van der Waals surface area contributed by atoms with Crippen LogP contribution >= 0.6 is 0 Å². The molecule has 5 nitrogen and oxygen atoms in total. The second-order valence-electron chi connectivity index (χ2n) is 5.80. The van der Waals surface area contributed by atoms with E-state index in [-0.39, 0.29) is 0 Å². The lowest BCUT2D eigenvalue weighted by molar-refractivity contribution is 0.0995. The third kappa shape index (κ3) is 2.77. The minimum atomic E-state index is -0.460. The number of amides is 1. The maximum absolute atomic E-state index is 11.2. The predicted molar refractivity (Wildman–Crippen MR) is 78.7 cm³/mol. The Morgan fingerprint density at radius 2 is 2.25 bits per heavy atom. The Hall–Kier alpha value is -1.62. The maximum Gasteiger partial charge on any atom is 0.267 e. The number of anilines is 1. The highest BCUT2D eigenvalue weighted by molar-refractivity contribution is 5.91. The molecule has 0 bridgehead atoms. The summed E-state index contributed by atoms with van der Waals surface area (Å²) < 4.78 is 0. The molecular formula is C15H22N4O. The van der Waals surface area contributed by atoms with E-state index in [0.717, 1.165) is 25.5 Å². The van der Waals surface area contributed by atoms with Gasteiger partial charge in [0.25, 0.3) is 5.91 Å². The summed E-state index contributed by atoms with van der Waals surface area (Å²) in [7, 11) is 0. The minimum Gasteiger partial charge on any atom is -0.364 e. The molecule has 0 saturated carbocycles. The van der Waals surface area contributed by atoms with E-state index < -0.39 is 5.91 Å². The molecular weight excluding hydrogens is 252 g/mol. The van der Waals surface area contributed by atoms with Crippen molar-refractivity contribution in [1.29, 1.82) is 0 Å².